The van der Waals surface area contributed by atoms with E-state index in [0.717, 1.165) is 31.4 Å². The van der Waals surface area contributed by atoms with Gasteiger partial charge in [0.2, 0.25) is 18.1 Å². The number of ether oxygens (including phenoxy) is 2. The summed E-state index contributed by atoms with van der Waals surface area (Å²) in [5.41, 5.74) is 2.65. The first-order chi connectivity index (χ1) is 18.8. The number of rotatable bonds is 10. The van der Waals surface area contributed by atoms with Gasteiger partial charge in [0.05, 0.1) is 18.3 Å². The highest BCUT2D eigenvalue weighted by Crippen LogP contribution is 2.33. The summed E-state index contributed by atoms with van der Waals surface area (Å²) >= 11 is 0. The molecule has 3 aromatic rings. The number of likely N-dealkylation sites (tertiary alicyclic amines) is 1. The topological polar surface area (TPSA) is 128 Å². The molecule has 204 valence electrons. The Morgan fingerprint density at radius 1 is 0.974 bits per heavy atom. The zero-order chi connectivity index (χ0) is 27.8. The number of carbonyl (C=O) groups is 4. The van der Waals surface area contributed by atoms with Crippen LogP contribution in [0.3, 0.4) is 0 Å². The summed E-state index contributed by atoms with van der Waals surface area (Å²) in [6.45, 7) is 2.53. The summed E-state index contributed by atoms with van der Waals surface area (Å²) in [5, 5.41) is 2.59. The van der Waals surface area contributed by atoms with Gasteiger partial charge in [-0.25, -0.2) is 4.98 Å². The smallest absolute Gasteiger partial charge is 0.303 e. The van der Waals surface area contributed by atoms with E-state index in [2.05, 4.69) is 10.3 Å². The Morgan fingerprint density at radius 2 is 1.62 bits per heavy atom. The summed E-state index contributed by atoms with van der Waals surface area (Å²) < 4.78 is 16.0. The van der Waals surface area contributed by atoms with Crippen LogP contribution in [0.25, 0.3) is 0 Å². The third kappa shape index (κ3) is 7.31. The van der Waals surface area contributed by atoms with E-state index in [1.807, 2.05) is 60.7 Å². The van der Waals surface area contributed by atoms with Crippen molar-refractivity contribution in [2.75, 3.05) is 6.54 Å². The minimum Gasteiger partial charge on any atom is -0.448 e. The molecule has 2 aromatic carbocycles. The molecular weight excluding hydrogens is 502 g/mol. The first-order valence-electron chi connectivity index (χ1n) is 12.8. The van der Waals surface area contributed by atoms with Crippen LogP contribution in [0, 0.1) is 0 Å². The molecule has 1 aromatic heterocycles. The molecule has 4 rings (SSSR count). The molecule has 10 nitrogen and oxygen atoms in total. The van der Waals surface area contributed by atoms with Gasteiger partial charge >= 0.3 is 11.9 Å². The second-order valence-electron chi connectivity index (χ2n) is 9.27. The fraction of sp³-hybridized carbons (Fsp3) is 0.345. The van der Waals surface area contributed by atoms with Crippen LogP contribution < -0.4 is 5.32 Å². The van der Waals surface area contributed by atoms with Crippen molar-refractivity contribution in [3.63, 3.8) is 0 Å². The molecule has 1 saturated heterocycles. The van der Waals surface area contributed by atoms with E-state index in [4.69, 9.17) is 13.9 Å². The largest absolute Gasteiger partial charge is 0.448 e. The van der Waals surface area contributed by atoms with E-state index in [0.29, 0.717) is 25.1 Å². The summed E-state index contributed by atoms with van der Waals surface area (Å²) in [5.74, 6) is -2.79. The van der Waals surface area contributed by atoms with Crippen molar-refractivity contribution in [1.29, 1.82) is 0 Å². The maximum Gasteiger partial charge on any atom is 0.303 e. The lowest BCUT2D eigenvalue weighted by molar-refractivity contribution is -0.178. The number of hydrogen-bond donors (Lipinski definition) is 1. The van der Waals surface area contributed by atoms with E-state index in [-0.39, 0.29) is 18.5 Å². The van der Waals surface area contributed by atoms with Gasteiger partial charge < -0.3 is 24.1 Å². The quantitative estimate of drug-likeness (QED) is 0.394. The van der Waals surface area contributed by atoms with Gasteiger partial charge in [-0.05, 0) is 24.0 Å². The highest BCUT2D eigenvalue weighted by atomic mass is 16.6. The van der Waals surface area contributed by atoms with Gasteiger partial charge in [0.15, 0.2) is 0 Å². The maximum absolute atomic E-state index is 13.7. The Labute approximate surface area is 226 Å². The van der Waals surface area contributed by atoms with Crippen LogP contribution in [0.2, 0.25) is 0 Å². The van der Waals surface area contributed by atoms with Gasteiger partial charge in [0.25, 0.3) is 11.8 Å². The predicted octanol–water partition coefficient (Wildman–Crippen LogP) is 3.11. The monoisotopic (exact) mass is 533 g/mol. The molecule has 1 aliphatic heterocycles. The zero-order valence-electron chi connectivity index (χ0n) is 21.9. The van der Waals surface area contributed by atoms with E-state index in [9.17, 15) is 19.2 Å². The fourth-order valence-corrected chi connectivity index (χ4v) is 4.65. The number of esters is 2. The van der Waals surface area contributed by atoms with Crippen LogP contribution in [0.1, 0.15) is 55.4 Å². The molecule has 1 unspecified atom stereocenters. The number of benzene rings is 2. The maximum atomic E-state index is 13.7. The van der Waals surface area contributed by atoms with Crippen molar-refractivity contribution in [2.24, 2.45) is 0 Å². The van der Waals surface area contributed by atoms with Crippen molar-refractivity contribution in [2.45, 2.75) is 57.9 Å². The molecule has 2 amide bonds. The first-order valence-corrected chi connectivity index (χ1v) is 12.8. The Morgan fingerprint density at radius 3 is 2.28 bits per heavy atom. The Hall–Kier alpha value is -4.47. The van der Waals surface area contributed by atoms with E-state index in [1.165, 1.54) is 6.26 Å². The van der Waals surface area contributed by atoms with Crippen LogP contribution in [-0.2, 0) is 41.6 Å². The van der Waals surface area contributed by atoms with Gasteiger partial charge in [-0.1, -0.05) is 60.7 Å². The normalized spacial score (nSPS) is 16.3. The molecule has 10 heteroatoms. The Balaban J connectivity index is 1.49. The van der Waals surface area contributed by atoms with Crippen LogP contribution in [-0.4, -0.2) is 52.4 Å². The summed E-state index contributed by atoms with van der Waals surface area (Å²) in [7, 11) is 0. The molecule has 1 N–H and O–H groups in total. The van der Waals surface area contributed by atoms with Crippen molar-refractivity contribution < 1.29 is 33.1 Å². The van der Waals surface area contributed by atoms with Crippen molar-refractivity contribution in [1.82, 2.24) is 15.2 Å². The Bertz CT molecular complexity index is 1290. The first kappa shape index (κ1) is 27.6. The second-order valence-corrected chi connectivity index (χ2v) is 9.27. The molecule has 1 aliphatic rings. The lowest BCUT2D eigenvalue weighted by Crippen LogP contribution is -2.53. The molecule has 0 aliphatic carbocycles. The van der Waals surface area contributed by atoms with Gasteiger partial charge in [0.1, 0.15) is 6.26 Å². The van der Waals surface area contributed by atoms with E-state index < -0.39 is 36.0 Å². The molecular formula is C29H31N3O7. The SMILES string of the molecule is CC(=O)O[C@@H](C(=O)NCc1nc(Cc2ccccc2)co1)[C@@H](OC(C)=O)C(=O)N1CCCC1c1ccccc1. The number of hydrogen-bond acceptors (Lipinski definition) is 8. The Kier molecular flexibility index (Phi) is 9.09. The lowest BCUT2D eigenvalue weighted by atomic mass is 10.0. The molecule has 1 fully saturated rings. The van der Waals surface area contributed by atoms with E-state index in [1.54, 1.807) is 4.90 Å². The minimum absolute atomic E-state index is 0.122. The number of aromatic nitrogens is 1. The summed E-state index contributed by atoms with van der Waals surface area (Å²) in [6.07, 6.45) is 0.139. The van der Waals surface area contributed by atoms with Gasteiger partial charge in [-0.3, -0.25) is 19.2 Å². The third-order valence-corrected chi connectivity index (χ3v) is 6.32. The molecule has 0 radical (unpaired) electrons. The van der Waals surface area contributed by atoms with Crippen molar-refractivity contribution in [3.05, 3.63) is 89.6 Å². The second kappa shape index (κ2) is 12.9. The average Bonchev–Trinajstić information content (AvgIpc) is 3.59. The number of oxazole rings is 1. The van der Waals surface area contributed by atoms with Gasteiger partial charge in [-0.2, -0.15) is 0 Å². The fourth-order valence-electron chi connectivity index (χ4n) is 4.65. The number of nitrogens with one attached hydrogen (secondary N) is 1. The van der Waals surface area contributed by atoms with Crippen LogP contribution >= 0.6 is 0 Å². The lowest BCUT2D eigenvalue weighted by Gasteiger charge is -2.31. The van der Waals surface area contributed by atoms with Gasteiger partial charge in [-0.15, -0.1) is 0 Å². The molecule has 39 heavy (non-hydrogen) atoms. The van der Waals surface area contributed by atoms with Gasteiger partial charge in [0, 0.05) is 26.8 Å². The minimum atomic E-state index is -1.70. The summed E-state index contributed by atoms with van der Waals surface area (Å²) in [4.78, 5) is 56.8. The van der Waals surface area contributed by atoms with Crippen LogP contribution in [0.4, 0.5) is 0 Å². The number of nitrogens with zero attached hydrogens (tertiary/aromatic N) is 2. The zero-order valence-corrected chi connectivity index (χ0v) is 21.9. The molecule has 3 atom stereocenters. The summed E-state index contributed by atoms with van der Waals surface area (Å²) in [6, 6.07) is 18.9. The van der Waals surface area contributed by atoms with Crippen LogP contribution in [0.15, 0.2) is 71.3 Å². The predicted molar refractivity (Wildman–Crippen MR) is 139 cm³/mol. The third-order valence-electron chi connectivity index (χ3n) is 6.32. The average molecular weight is 534 g/mol. The number of amides is 2. The number of carbonyl (C=O) groups excluding carboxylic acids is 4. The highest BCUT2D eigenvalue weighted by Gasteiger charge is 2.44. The standard InChI is InChI=1S/C29H31N3O7/c1-19(33)38-26(28(35)30-17-25-31-23(18-37-25)16-21-10-5-3-6-11-21)27(39-20(2)34)29(36)32-15-9-14-24(32)22-12-7-4-8-13-22/h3-8,10-13,18,24,26-27H,9,14-17H2,1-2H3,(H,30,35)/t24?,26-,27-/m1/s1. The molecule has 2 heterocycles. The highest BCUT2D eigenvalue weighted by molar-refractivity contribution is 5.93. The van der Waals surface area contributed by atoms with Crippen LogP contribution in [0.5, 0.6) is 0 Å². The van der Waals surface area contributed by atoms with Crippen molar-refractivity contribution >= 4 is 23.8 Å². The molecule has 0 spiro atoms. The molecule has 0 saturated carbocycles. The molecule has 0 bridgehead atoms. The van der Waals surface area contributed by atoms with E-state index >= 15 is 0 Å². The van der Waals surface area contributed by atoms with Crippen molar-refractivity contribution in [3.8, 4) is 0 Å².